The number of aliphatic hydroxyl groups excluding tert-OH is 2. The topological polar surface area (TPSA) is 125 Å². The lowest BCUT2D eigenvalue weighted by Gasteiger charge is -2.27. The molecule has 0 radical (unpaired) electrons. The number of hydrogen-bond donors (Lipinski definition) is 4. The molecule has 0 bridgehead atoms. The molecule has 1 saturated heterocycles. The van der Waals surface area contributed by atoms with Crippen LogP contribution in [0.25, 0.3) is 0 Å². The molecule has 1 aromatic rings. The maximum absolute atomic E-state index is 11.7. The van der Waals surface area contributed by atoms with Gasteiger partial charge in [0.15, 0.2) is 6.23 Å². The predicted molar refractivity (Wildman–Crippen MR) is 63.7 cm³/mol. The highest BCUT2D eigenvalue weighted by Crippen LogP contribution is 2.37. The lowest BCUT2D eigenvalue weighted by atomic mass is 9.96. The number of aliphatic hydroxyl groups is 3. The zero-order valence-electron chi connectivity index (χ0n) is 10.5. The van der Waals surface area contributed by atoms with Gasteiger partial charge in [-0.15, -0.1) is 0 Å². The summed E-state index contributed by atoms with van der Waals surface area (Å²) in [5.74, 6) is 0. The number of nitrogens with one attached hydrogen (secondary N) is 1. The van der Waals surface area contributed by atoms with E-state index in [0.29, 0.717) is 0 Å². The summed E-state index contributed by atoms with van der Waals surface area (Å²) in [5.41, 5.74) is -2.78. The van der Waals surface area contributed by atoms with Gasteiger partial charge in [0.25, 0.3) is 5.56 Å². The number of H-pyrrole nitrogens is 1. The molecular weight excluding hydrogens is 256 g/mol. The highest BCUT2D eigenvalue weighted by Gasteiger charge is 2.53. The highest BCUT2D eigenvalue weighted by molar-refractivity contribution is 5.05. The molecule has 4 atom stereocenters. The monoisotopic (exact) mass is 272 g/mol. The summed E-state index contributed by atoms with van der Waals surface area (Å²) in [6, 6.07) is 0. The highest BCUT2D eigenvalue weighted by atomic mass is 16.6. The largest absolute Gasteiger partial charge is 0.394 e. The summed E-state index contributed by atoms with van der Waals surface area (Å²) in [4.78, 5) is 25.1. The van der Waals surface area contributed by atoms with Crippen LogP contribution in [0.4, 0.5) is 0 Å². The lowest BCUT2D eigenvalue weighted by molar-refractivity contribution is -0.0988. The average Bonchev–Trinajstić information content (AvgIpc) is 2.56. The number of ether oxygens (including phenoxy) is 1. The van der Waals surface area contributed by atoms with Gasteiger partial charge in [-0.3, -0.25) is 14.3 Å². The number of aryl methyl sites for hydroxylation is 1. The van der Waals surface area contributed by atoms with Gasteiger partial charge in [0.1, 0.15) is 17.8 Å². The van der Waals surface area contributed by atoms with Crippen molar-refractivity contribution >= 4 is 0 Å². The Labute approximate surface area is 107 Å². The summed E-state index contributed by atoms with van der Waals surface area (Å²) < 4.78 is 6.29. The van der Waals surface area contributed by atoms with Gasteiger partial charge in [-0.05, 0) is 13.8 Å². The second kappa shape index (κ2) is 4.57. The molecule has 19 heavy (non-hydrogen) atoms. The standard InChI is InChI=1S/C11H16N2O6/c1-5-3-13(10(17)12-8(5)16)9-11(2,18)7(15)6(4-14)19-9/h3,6-7,9,14-15,18H,4H2,1-2H3,(H,12,16,17)/t6-,7?,9-,11?/m1/s1. The van der Waals surface area contributed by atoms with Crippen LogP contribution in [0.5, 0.6) is 0 Å². The molecule has 0 aromatic carbocycles. The Morgan fingerprint density at radius 2 is 2.16 bits per heavy atom. The quantitative estimate of drug-likeness (QED) is 0.486. The van der Waals surface area contributed by atoms with Crippen LogP contribution in [0.2, 0.25) is 0 Å². The normalized spacial score (nSPS) is 34.7. The lowest BCUT2D eigenvalue weighted by Crippen LogP contribution is -2.47. The fourth-order valence-electron chi connectivity index (χ4n) is 2.15. The first kappa shape index (κ1) is 13.9. The van der Waals surface area contributed by atoms with E-state index in [1.54, 1.807) is 0 Å². The summed E-state index contributed by atoms with van der Waals surface area (Å²) in [6.07, 6.45) is -2.30. The number of aromatic nitrogens is 2. The van der Waals surface area contributed by atoms with Crippen molar-refractivity contribution in [1.29, 1.82) is 0 Å². The van der Waals surface area contributed by atoms with Crippen LogP contribution < -0.4 is 11.2 Å². The van der Waals surface area contributed by atoms with Crippen LogP contribution in [0, 0.1) is 6.92 Å². The number of aromatic amines is 1. The van der Waals surface area contributed by atoms with Crippen LogP contribution in [-0.4, -0.2) is 49.3 Å². The van der Waals surface area contributed by atoms with Gasteiger partial charge in [-0.1, -0.05) is 0 Å². The molecule has 106 valence electrons. The van der Waals surface area contributed by atoms with Crippen molar-refractivity contribution in [3.05, 3.63) is 32.6 Å². The Bertz CT molecular complexity index is 590. The Hall–Kier alpha value is -1.48. The number of hydrogen-bond acceptors (Lipinski definition) is 6. The second-order valence-electron chi connectivity index (χ2n) is 4.86. The molecule has 2 unspecified atom stereocenters. The first-order valence-electron chi connectivity index (χ1n) is 5.78. The number of rotatable bonds is 2. The van der Waals surface area contributed by atoms with Crippen molar-refractivity contribution in [1.82, 2.24) is 9.55 Å². The van der Waals surface area contributed by atoms with E-state index in [9.17, 15) is 19.8 Å². The molecule has 8 nitrogen and oxygen atoms in total. The average molecular weight is 272 g/mol. The molecule has 0 amide bonds. The van der Waals surface area contributed by atoms with Crippen LogP contribution >= 0.6 is 0 Å². The van der Waals surface area contributed by atoms with Crippen LogP contribution in [0.15, 0.2) is 15.8 Å². The van der Waals surface area contributed by atoms with E-state index in [1.807, 2.05) is 0 Å². The van der Waals surface area contributed by atoms with Crippen LogP contribution in [0.1, 0.15) is 18.7 Å². The predicted octanol–water partition coefficient (Wildman–Crippen LogP) is -2.15. The van der Waals surface area contributed by atoms with Crippen molar-refractivity contribution in [2.24, 2.45) is 0 Å². The molecule has 2 rings (SSSR count). The van der Waals surface area contributed by atoms with E-state index >= 15 is 0 Å². The van der Waals surface area contributed by atoms with Gasteiger partial charge in [-0.25, -0.2) is 4.79 Å². The Balaban J connectivity index is 2.51. The SMILES string of the molecule is Cc1cn([C@@H]2O[C@H](CO)C(O)C2(C)O)c(=O)[nH]c1=O. The minimum Gasteiger partial charge on any atom is -0.394 e. The van der Waals surface area contributed by atoms with Crippen molar-refractivity contribution in [3.8, 4) is 0 Å². The summed E-state index contributed by atoms with van der Waals surface area (Å²) in [7, 11) is 0. The maximum atomic E-state index is 11.7. The summed E-state index contributed by atoms with van der Waals surface area (Å²) in [5, 5.41) is 29.1. The van der Waals surface area contributed by atoms with E-state index < -0.39 is 41.9 Å². The first-order chi connectivity index (χ1) is 8.78. The summed E-state index contributed by atoms with van der Waals surface area (Å²) in [6.45, 7) is 2.30. The van der Waals surface area contributed by atoms with Gasteiger partial charge in [0, 0.05) is 11.8 Å². The molecule has 4 N–H and O–H groups in total. The Morgan fingerprint density at radius 3 is 2.68 bits per heavy atom. The van der Waals surface area contributed by atoms with E-state index in [1.165, 1.54) is 20.0 Å². The molecule has 1 aromatic heterocycles. The molecule has 8 heteroatoms. The van der Waals surface area contributed by atoms with E-state index in [2.05, 4.69) is 4.98 Å². The third kappa shape index (κ3) is 2.12. The van der Waals surface area contributed by atoms with Crippen LogP contribution in [0.3, 0.4) is 0 Å². The first-order valence-corrected chi connectivity index (χ1v) is 5.78. The van der Waals surface area contributed by atoms with Gasteiger partial charge in [0.05, 0.1) is 6.61 Å². The van der Waals surface area contributed by atoms with Crippen molar-refractivity contribution < 1.29 is 20.1 Å². The van der Waals surface area contributed by atoms with Crippen molar-refractivity contribution in [2.45, 2.75) is 37.9 Å². The van der Waals surface area contributed by atoms with E-state index in [0.717, 1.165) is 4.57 Å². The van der Waals surface area contributed by atoms with Gasteiger partial charge in [0.2, 0.25) is 0 Å². The van der Waals surface area contributed by atoms with Gasteiger partial charge >= 0.3 is 5.69 Å². The summed E-state index contributed by atoms with van der Waals surface area (Å²) >= 11 is 0. The van der Waals surface area contributed by atoms with Crippen molar-refractivity contribution in [2.75, 3.05) is 6.61 Å². The van der Waals surface area contributed by atoms with Gasteiger partial charge < -0.3 is 20.1 Å². The molecule has 1 aliphatic heterocycles. The molecule has 0 saturated carbocycles. The molecular formula is C11H16N2O6. The Kier molecular flexibility index (Phi) is 3.35. The molecule has 2 heterocycles. The fourth-order valence-corrected chi connectivity index (χ4v) is 2.15. The molecule has 1 aliphatic rings. The van der Waals surface area contributed by atoms with Gasteiger partial charge in [-0.2, -0.15) is 0 Å². The zero-order chi connectivity index (χ0) is 14.4. The third-order valence-corrected chi connectivity index (χ3v) is 3.33. The minimum absolute atomic E-state index is 0.265. The Morgan fingerprint density at radius 1 is 1.53 bits per heavy atom. The number of nitrogens with zero attached hydrogens (tertiary/aromatic N) is 1. The molecule has 1 fully saturated rings. The zero-order valence-corrected chi connectivity index (χ0v) is 10.5. The third-order valence-electron chi connectivity index (χ3n) is 3.33. The molecule has 0 spiro atoms. The molecule has 0 aliphatic carbocycles. The smallest absolute Gasteiger partial charge is 0.330 e. The minimum atomic E-state index is -1.76. The van der Waals surface area contributed by atoms with Crippen LogP contribution in [-0.2, 0) is 4.74 Å². The van der Waals surface area contributed by atoms with E-state index in [4.69, 9.17) is 9.84 Å². The fraction of sp³-hybridized carbons (Fsp3) is 0.636. The van der Waals surface area contributed by atoms with Crippen molar-refractivity contribution in [3.63, 3.8) is 0 Å². The maximum Gasteiger partial charge on any atom is 0.330 e. The second-order valence-corrected chi connectivity index (χ2v) is 4.86. The van der Waals surface area contributed by atoms with E-state index in [-0.39, 0.29) is 5.56 Å².